The Balaban J connectivity index is 0.00000385. The number of rotatable bonds is 8. The zero-order valence-electron chi connectivity index (χ0n) is 20.5. The lowest BCUT2D eigenvalue weighted by atomic mass is 10.0. The molecule has 0 spiro atoms. The monoisotopic (exact) mass is 572 g/mol. The number of methoxy groups -OCH3 is 2. The van der Waals surface area contributed by atoms with E-state index in [4.69, 9.17) is 14.2 Å². The molecule has 0 aliphatic carbocycles. The van der Waals surface area contributed by atoms with E-state index in [1.807, 2.05) is 24.7 Å². The van der Waals surface area contributed by atoms with Crippen LogP contribution in [0.1, 0.15) is 28.6 Å². The molecule has 33 heavy (non-hydrogen) atoms. The van der Waals surface area contributed by atoms with E-state index in [1.165, 1.54) is 5.56 Å². The van der Waals surface area contributed by atoms with Crippen molar-refractivity contribution in [2.24, 2.45) is 12.0 Å². The van der Waals surface area contributed by atoms with Crippen molar-refractivity contribution < 1.29 is 14.2 Å². The lowest BCUT2D eigenvalue weighted by Crippen LogP contribution is -2.46. The van der Waals surface area contributed by atoms with Crippen molar-refractivity contribution in [1.82, 2.24) is 25.3 Å². The number of hydrogen-bond donors (Lipinski definition) is 2. The molecule has 10 heteroatoms. The quantitative estimate of drug-likeness (QED) is 0.286. The molecule has 0 radical (unpaired) electrons. The molecule has 9 nitrogen and oxygen atoms in total. The predicted octanol–water partition coefficient (Wildman–Crippen LogP) is 2.41. The molecular formula is C23H37IN6O3. The molecule has 2 N–H and O–H groups in total. The van der Waals surface area contributed by atoms with E-state index in [9.17, 15) is 0 Å². The maximum Gasteiger partial charge on any atom is 0.191 e. The average Bonchev–Trinajstić information content (AvgIpc) is 3.07. The average molecular weight is 572 g/mol. The smallest absolute Gasteiger partial charge is 0.191 e. The predicted molar refractivity (Wildman–Crippen MR) is 141 cm³/mol. The minimum atomic E-state index is 0. The third-order valence-electron chi connectivity index (χ3n) is 6.06. The highest BCUT2D eigenvalue weighted by Crippen LogP contribution is 2.32. The van der Waals surface area contributed by atoms with E-state index in [2.05, 4.69) is 44.7 Å². The Kier molecular flexibility index (Phi) is 10.7. The van der Waals surface area contributed by atoms with Crippen LogP contribution in [0.5, 0.6) is 11.5 Å². The number of morpholine rings is 1. The fraction of sp³-hybridized carbons (Fsp3) is 0.565. The summed E-state index contributed by atoms with van der Waals surface area (Å²) in [4.78, 5) is 6.85. The second-order valence-corrected chi connectivity index (χ2v) is 7.86. The summed E-state index contributed by atoms with van der Waals surface area (Å²) in [6, 6.07) is 6.25. The van der Waals surface area contributed by atoms with Gasteiger partial charge in [0.1, 0.15) is 0 Å². The van der Waals surface area contributed by atoms with E-state index in [1.54, 1.807) is 21.3 Å². The maximum atomic E-state index is 5.58. The Bertz CT molecular complexity index is 927. The Labute approximate surface area is 213 Å². The molecule has 1 aliphatic rings. The van der Waals surface area contributed by atoms with Crippen molar-refractivity contribution in [2.75, 3.05) is 54.1 Å². The van der Waals surface area contributed by atoms with Gasteiger partial charge in [-0.15, -0.1) is 24.0 Å². The fourth-order valence-corrected chi connectivity index (χ4v) is 4.07. The maximum absolute atomic E-state index is 5.58. The van der Waals surface area contributed by atoms with Crippen LogP contribution in [-0.4, -0.2) is 74.8 Å². The number of nitrogens with one attached hydrogen (secondary N) is 2. The first-order valence-corrected chi connectivity index (χ1v) is 11.0. The number of halogens is 1. The fourth-order valence-electron chi connectivity index (χ4n) is 4.07. The van der Waals surface area contributed by atoms with Gasteiger partial charge in [0.25, 0.3) is 0 Å². The molecule has 2 aromatic rings. The molecule has 1 aromatic carbocycles. The number of aliphatic imine (C=N–C) groups is 1. The molecular weight excluding hydrogens is 535 g/mol. The highest BCUT2D eigenvalue weighted by atomic mass is 127. The summed E-state index contributed by atoms with van der Waals surface area (Å²) < 4.78 is 18.4. The molecule has 1 aliphatic heterocycles. The highest BCUT2D eigenvalue weighted by Gasteiger charge is 2.24. The molecule has 1 aromatic heterocycles. The molecule has 1 unspecified atom stereocenters. The van der Waals surface area contributed by atoms with Gasteiger partial charge in [0.05, 0.1) is 39.2 Å². The SMILES string of the molecule is CN=C(NCc1c(C)nn(C)c1C)NCC(c1ccc(OC)c(OC)c1)N1CCOCC1.I. The zero-order valence-corrected chi connectivity index (χ0v) is 22.8. The number of aryl methyl sites for hydroxylation is 2. The lowest BCUT2D eigenvalue weighted by Gasteiger charge is -2.35. The summed E-state index contributed by atoms with van der Waals surface area (Å²) in [6.45, 7) is 8.70. The molecule has 0 saturated carbocycles. The lowest BCUT2D eigenvalue weighted by molar-refractivity contribution is 0.0169. The van der Waals surface area contributed by atoms with Gasteiger partial charge in [-0.05, 0) is 31.5 Å². The van der Waals surface area contributed by atoms with Gasteiger partial charge < -0.3 is 24.8 Å². The van der Waals surface area contributed by atoms with Crippen LogP contribution >= 0.6 is 24.0 Å². The number of benzene rings is 1. The standard InChI is InChI=1S/C23H36N6O3.HI/c1-16-19(17(2)28(4)27-16)14-25-23(24-3)26-15-20(29-9-11-32-12-10-29)18-7-8-21(30-5)22(13-18)31-6;/h7-8,13,20H,9-12,14-15H2,1-6H3,(H2,24,25,26);1H. The highest BCUT2D eigenvalue weighted by molar-refractivity contribution is 14.0. The second kappa shape index (κ2) is 13.0. The molecule has 0 bridgehead atoms. The van der Waals surface area contributed by atoms with Gasteiger partial charge in [0.15, 0.2) is 17.5 Å². The Morgan fingerprint density at radius 3 is 2.42 bits per heavy atom. The van der Waals surface area contributed by atoms with Gasteiger partial charge in [-0.3, -0.25) is 14.6 Å². The molecule has 3 rings (SSSR count). The van der Waals surface area contributed by atoms with E-state index < -0.39 is 0 Å². The first-order valence-electron chi connectivity index (χ1n) is 11.0. The van der Waals surface area contributed by atoms with Gasteiger partial charge in [-0.1, -0.05) is 6.07 Å². The third kappa shape index (κ3) is 6.73. The van der Waals surface area contributed by atoms with Gasteiger partial charge in [-0.2, -0.15) is 5.10 Å². The molecule has 1 saturated heterocycles. The van der Waals surface area contributed by atoms with Crippen LogP contribution in [0, 0.1) is 13.8 Å². The van der Waals surface area contributed by atoms with E-state index >= 15 is 0 Å². The zero-order chi connectivity index (χ0) is 23.1. The summed E-state index contributed by atoms with van der Waals surface area (Å²) in [5.74, 6) is 2.21. The molecule has 0 amide bonds. The van der Waals surface area contributed by atoms with Gasteiger partial charge >= 0.3 is 0 Å². The van der Waals surface area contributed by atoms with E-state index in [0.29, 0.717) is 13.1 Å². The van der Waals surface area contributed by atoms with Crippen LogP contribution in [0.15, 0.2) is 23.2 Å². The minimum Gasteiger partial charge on any atom is -0.493 e. The van der Waals surface area contributed by atoms with Crippen LogP contribution in [0.3, 0.4) is 0 Å². The van der Waals surface area contributed by atoms with Gasteiger partial charge in [0.2, 0.25) is 0 Å². The molecule has 184 valence electrons. The van der Waals surface area contributed by atoms with E-state index in [-0.39, 0.29) is 30.0 Å². The Morgan fingerprint density at radius 1 is 1.15 bits per heavy atom. The molecule has 1 fully saturated rings. The van der Waals surface area contributed by atoms with Crippen molar-refractivity contribution in [2.45, 2.75) is 26.4 Å². The number of ether oxygens (including phenoxy) is 3. The second-order valence-electron chi connectivity index (χ2n) is 7.86. The summed E-state index contributed by atoms with van der Waals surface area (Å²) in [7, 11) is 7.07. The first kappa shape index (κ1) is 27.2. The largest absolute Gasteiger partial charge is 0.493 e. The van der Waals surface area contributed by atoms with Gasteiger partial charge in [-0.25, -0.2) is 0 Å². The Hall–Kier alpha value is -2.05. The Morgan fingerprint density at radius 2 is 1.85 bits per heavy atom. The van der Waals surface area contributed by atoms with Crippen LogP contribution in [0.25, 0.3) is 0 Å². The summed E-state index contributed by atoms with van der Waals surface area (Å²) >= 11 is 0. The van der Waals surface area contributed by atoms with Crippen LogP contribution < -0.4 is 20.1 Å². The topological polar surface area (TPSA) is 85.2 Å². The van der Waals surface area contributed by atoms with Crippen molar-refractivity contribution in [3.05, 3.63) is 40.7 Å². The first-order chi connectivity index (χ1) is 15.5. The molecule has 2 heterocycles. The van der Waals surface area contributed by atoms with Crippen LogP contribution in [0.2, 0.25) is 0 Å². The normalized spacial score (nSPS) is 15.5. The van der Waals surface area contributed by atoms with Crippen LogP contribution in [-0.2, 0) is 18.3 Å². The summed E-state index contributed by atoms with van der Waals surface area (Å²) in [5, 5.41) is 11.4. The van der Waals surface area contributed by atoms with Crippen molar-refractivity contribution >= 4 is 29.9 Å². The summed E-state index contributed by atoms with van der Waals surface area (Å²) in [6.07, 6.45) is 0. The van der Waals surface area contributed by atoms with Crippen molar-refractivity contribution in [3.8, 4) is 11.5 Å². The summed E-state index contributed by atoms with van der Waals surface area (Å²) in [5.41, 5.74) is 4.54. The number of guanidine groups is 1. The minimum absolute atomic E-state index is 0. The van der Waals surface area contributed by atoms with Crippen molar-refractivity contribution in [3.63, 3.8) is 0 Å². The third-order valence-corrected chi connectivity index (χ3v) is 6.06. The number of aromatic nitrogens is 2. The molecule has 1 atom stereocenters. The van der Waals surface area contributed by atoms with Gasteiger partial charge in [0, 0.05) is 51.5 Å². The van der Waals surface area contributed by atoms with Crippen molar-refractivity contribution in [1.29, 1.82) is 0 Å². The van der Waals surface area contributed by atoms with E-state index in [0.717, 1.165) is 60.7 Å². The van der Waals surface area contributed by atoms with Crippen LogP contribution in [0.4, 0.5) is 0 Å². The number of hydrogen-bond acceptors (Lipinski definition) is 6. The number of nitrogens with zero attached hydrogens (tertiary/aromatic N) is 4.